The fraction of sp³-hybridized carbons (Fsp3) is 0.667. The molecule has 2 heterocycles. The van der Waals surface area contributed by atoms with Crippen molar-refractivity contribution < 1.29 is 34.4 Å². The van der Waals surface area contributed by atoms with Crippen molar-refractivity contribution in [1.82, 2.24) is 9.55 Å². The summed E-state index contributed by atoms with van der Waals surface area (Å²) in [7, 11) is 1.28. The molecule has 3 rings (SSSR count). The highest BCUT2D eigenvalue weighted by Gasteiger charge is 2.44. The third-order valence-corrected chi connectivity index (χ3v) is 5.48. The van der Waals surface area contributed by atoms with Crippen LogP contribution in [-0.2, 0) is 19.1 Å². The second kappa shape index (κ2) is 8.99. The summed E-state index contributed by atoms with van der Waals surface area (Å²) in [6.07, 6.45) is -1.00. The predicted molar refractivity (Wildman–Crippen MR) is 97.6 cm³/mol. The van der Waals surface area contributed by atoms with E-state index in [-0.39, 0.29) is 5.82 Å². The van der Waals surface area contributed by atoms with Gasteiger partial charge in [0.25, 0.3) is 0 Å². The molecule has 0 spiro atoms. The molecule has 1 aliphatic heterocycles. The molecule has 1 saturated carbocycles. The lowest BCUT2D eigenvalue weighted by atomic mass is 9.78. The summed E-state index contributed by atoms with van der Waals surface area (Å²) in [5.41, 5.74) is -0.814. The molecule has 1 aromatic heterocycles. The highest BCUT2D eigenvalue weighted by atomic mass is 16.6. The Morgan fingerprint density at radius 3 is 2.55 bits per heavy atom. The van der Waals surface area contributed by atoms with Gasteiger partial charge < -0.3 is 30.1 Å². The number of carbonyl (C=O) groups is 2. The first kappa shape index (κ1) is 21.4. The number of hydrogen-bond donors (Lipinski definition) is 4. The Kier molecular flexibility index (Phi) is 6.63. The fourth-order valence-electron chi connectivity index (χ4n) is 3.88. The summed E-state index contributed by atoms with van der Waals surface area (Å²) in [4.78, 5) is 40.7. The smallest absolute Gasteiger partial charge is 0.351 e. The number of amides is 1. The molecule has 2 aliphatic rings. The van der Waals surface area contributed by atoms with Crippen molar-refractivity contribution in [3.8, 4) is 0 Å². The molecule has 0 aromatic carbocycles. The van der Waals surface area contributed by atoms with E-state index in [0.29, 0.717) is 12.8 Å². The van der Waals surface area contributed by atoms with Crippen molar-refractivity contribution in [3.05, 3.63) is 22.7 Å². The Labute approximate surface area is 166 Å². The molecule has 1 saturated heterocycles. The number of esters is 1. The highest BCUT2D eigenvalue weighted by molar-refractivity contribution is 5.94. The normalized spacial score (nSPS) is 32.0. The van der Waals surface area contributed by atoms with E-state index < -0.39 is 60.5 Å². The summed E-state index contributed by atoms with van der Waals surface area (Å²) in [6.45, 7) is -0.520. The second-order valence-electron chi connectivity index (χ2n) is 7.24. The molecule has 4 N–H and O–H groups in total. The maximum atomic E-state index is 12.6. The fourth-order valence-corrected chi connectivity index (χ4v) is 3.88. The maximum absolute atomic E-state index is 12.6. The van der Waals surface area contributed by atoms with E-state index in [4.69, 9.17) is 14.6 Å². The van der Waals surface area contributed by atoms with Crippen LogP contribution >= 0.6 is 0 Å². The first-order valence-electron chi connectivity index (χ1n) is 9.47. The molecule has 160 valence electrons. The standard InChI is InChI=1S/C18H25N3O8/c1-28-17(26)10-5-3-2-4-9(10)15(25)19-12-6-7-21(18(27)20-12)16-14(24)13(23)11(8-22)29-16/h6-7,9-11,13-14,16,22-24H,2-5,8H2,1H3,(H,19,20,25,27)/t9?,10?,11-,13-,14+,16-/m1/s1. The first-order chi connectivity index (χ1) is 13.9. The second-order valence-corrected chi connectivity index (χ2v) is 7.24. The van der Waals surface area contributed by atoms with Gasteiger partial charge in [-0.2, -0.15) is 4.98 Å². The molecule has 0 bridgehead atoms. The number of aliphatic hydroxyl groups is 3. The molecule has 29 heavy (non-hydrogen) atoms. The number of ether oxygens (including phenoxy) is 2. The largest absolute Gasteiger partial charge is 0.469 e. The third kappa shape index (κ3) is 4.32. The highest BCUT2D eigenvalue weighted by Crippen LogP contribution is 2.32. The minimum Gasteiger partial charge on any atom is -0.469 e. The van der Waals surface area contributed by atoms with Crippen LogP contribution in [-0.4, -0.2) is 68.8 Å². The average Bonchev–Trinajstić information content (AvgIpc) is 3.01. The molecule has 1 aliphatic carbocycles. The molecule has 1 aromatic rings. The number of hydrogen-bond acceptors (Lipinski definition) is 9. The van der Waals surface area contributed by atoms with Crippen LogP contribution in [0.1, 0.15) is 31.9 Å². The van der Waals surface area contributed by atoms with Crippen LogP contribution in [0.5, 0.6) is 0 Å². The van der Waals surface area contributed by atoms with Crippen molar-refractivity contribution >= 4 is 17.7 Å². The first-order valence-corrected chi connectivity index (χ1v) is 9.47. The van der Waals surface area contributed by atoms with Crippen molar-refractivity contribution in [2.45, 2.75) is 50.2 Å². The molecule has 2 unspecified atom stereocenters. The monoisotopic (exact) mass is 411 g/mol. The lowest BCUT2D eigenvalue weighted by molar-refractivity contribution is -0.151. The van der Waals surface area contributed by atoms with Gasteiger partial charge in [-0.15, -0.1) is 0 Å². The Hall–Kier alpha value is -2.34. The number of nitrogens with one attached hydrogen (secondary N) is 1. The Morgan fingerprint density at radius 2 is 1.97 bits per heavy atom. The summed E-state index contributed by atoms with van der Waals surface area (Å²) < 4.78 is 11.1. The summed E-state index contributed by atoms with van der Waals surface area (Å²) in [5.74, 6) is -1.96. The Bertz CT molecular complexity index is 813. The van der Waals surface area contributed by atoms with Gasteiger partial charge in [0.15, 0.2) is 6.23 Å². The average molecular weight is 411 g/mol. The maximum Gasteiger partial charge on any atom is 0.351 e. The number of carbonyl (C=O) groups excluding carboxylic acids is 2. The zero-order valence-electron chi connectivity index (χ0n) is 15.9. The van der Waals surface area contributed by atoms with Gasteiger partial charge >= 0.3 is 11.7 Å². The van der Waals surface area contributed by atoms with E-state index in [2.05, 4.69) is 10.3 Å². The van der Waals surface area contributed by atoms with Crippen LogP contribution in [0.15, 0.2) is 17.1 Å². The number of rotatable bonds is 5. The molecule has 6 atom stereocenters. The number of aromatic nitrogens is 2. The molecular formula is C18H25N3O8. The van der Waals surface area contributed by atoms with Crippen molar-refractivity contribution in [3.63, 3.8) is 0 Å². The van der Waals surface area contributed by atoms with Crippen LogP contribution in [0, 0.1) is 11.8 Å². The molecular weight excluding hydrogens is 386 g/mol. The number of anilines is 1. The minimum absolute atomic E-state index is 0.00261. The van der Waals surface area contributed by atoms with Gasteiger partial charge in [-0.1, -0.05) is 12.8 Å². The Morgan fingerprint density at radius 1 is 1.28 bits per heavy atom. The number of methoxy groups -OCH3 is 1. The summed E-state index contributed by atoms with van der Waals surface area (Å²) in [6, 6.07) is 1.35. The van der Waals surface area contributed by atoms with Crippen molar-refractivity contribution in [2.75, 3.05) is 19.0 Å². The van der Waals surface area contributed by atoms with Gasteiger partial charge in [-0.05, 0) is 18.9 Å². The molecule has 11 nitrogen and oxygen atoms in total. The SMILES string of the molecule is COC(=O)C1CCCCC1C(=O)Nc1ccn([C@@H]2O[C@H](CO)[C@@H](O)[C@@H]2O)c(=O)n1. The van der Waals surface area contributed by atoms with Gasteiger partial charge in [-0.25, -0.2) is 4.79 Å². The van der Waals surface area contributed by atoms with Gasteiger partial charge in [-0.3, -0.25) is 14.2 Å². The third-order valence-electron chi connectivity index (χ3n) is 5.48. The molecule has 2 fully saturated rings. The predicted octanol–water partition coefficient (Wildman–Crippen LogP) is -1.23. The van der Waals surface area contributed by atoms with E-state index >= 15 is 0 Å². The molecule has 1 amide bonds. The van der Waals surface area contributed by atoms with E-state index in [1.54, 1.807) is 0 Å². The molecule has 0 radical (unpaired) electrons. The van der Waals surface area contributed by atoms with Gasteiger partial charge in [0.05, 0.1) is 25.6 Å². The van der Waals surface area contributed by atoms with Crippen LogP contribution in [0.3, 0.4) is 0 Å². The minimum atomic E-state index is -1.42. The summed E-state index contributed by atoms with van der Waals surface area (Å²) in [5, 5.41) is 31.6. The quantitative estimate of drug-likeness (QED) is 0.435. The number of aliphatic hydroxyl groups excluding tert-OH is 3. The zero-order valence-corrected chi connectivity index (χ0v) is 15.9. The van der Waals surface area contributed by atoms with E-state index in [9.17, 15) is 24.6 Å². The lowest BCUT2D eigenvalue weighted by Crippen LogP contribution is -2.38. The van der Waals surface area contributed by atoms with Crippen LogP contribution < -0.4 is 11.0 Å². The zero-order chi connectivity index (χ0) is 21.1. The van der Waals surface area contributed by atoms with Crippen LogP contribution in [0.4, 0.5) is 5.82 Å². The topological polar surface area (TPSA) is 160 Å². The van der Waals surface area contributed by atoms with E-state index in [1.807, 2.05) is 0 Å². The van der Waals surface area contributed by atoms with E-state index in [1.165, 1.54) is 19.4 Å². The van der Waals surface area contributed by atoms with Crippen LogP contribution in [0.2, 0.25) is 0 Å². The lowest BCUT2D eigenvalue weighted by Gasteiger charge is -2.28. The van der Waals surface area contributed by atoms with Gasteiger partial charge in [0.2, 0.25) is 5.91 Å². The van der Waals surface area contributed by atoms with Crippen LogP contribution in [0.25, 0.3) is 0 Å². The Balaban J connectivity index is 1.73. The number of nitrogens with zero attached hydrogens (tertiary/aromatic N) is 2. The van der Waals surface area contributed by atoms with Gasteiger partial charge in [0.1, 0.15) is 24.1 Å². The van der Waals surface area contributed by atoms with Crippen molar-refractivity contribution in [2.24, 2.45) is 11.8 Å². The molecule has 11 heteroatoms. The van der Waals surface area contributed by atoms with Crippen molar-refractivity contribution in [1.29, 1.82) is 0 Å². The van der Waals surface area contributed by atoms with E-state index in [0.717, 1.165) is 17.4 Å². The van der Waals surface area contributed by atoms with Gasteiger partial charge in [0, 0.05) is 6.20 Å². The summed E-state index contributed by atoms with van der Waals surface area (Å²) >= 11 is 0.